The van der Waals surface area contributed by atoms with E-state index in [0.717, 1.165) is 5.75 Å². The lowest BCUT2D eigenvalue weighted by Crippen LogP contribution is -2.16. The third-order valence-corrected chi connectivity index (χ3v) is 2.42. The van der Waals surface area contributed by atoms with Gasteiger partial charge in [0.2, 0.25) is 0 Å². The fraction of sp³-hybridized carbons (Fsp3) is 0.571. The first kappa shape index (κ1) is 13.0. The number of rotatable bonds is 4. The van der Waals surface area contributed by atoms with Gasteiger partial charge in [-0.25, -0.2) is 0 Å². The molecule has 1 rings (SSSR count). The van der Waals surface area contributed by atoms with E-state index >= 15 is 0 Å². The highest BCUT2D eigenvalue weighted by Gasteiger charge is 2.13. The van der Waals surface area contributed by atoms with E-state index in [1.807, 2.05) is 26.0 Å². The molecule has 2 nitrogen and oxygen atoms in total. The highest BCUT2D eigenvalue weighted by atomic mass is 16.7. The zero-order valence-electron chi connectivity index (χ0n) is 10.9. The molecule has 0 fully saturated rings. The molecule has 1 unspecified atom stereocenters. The van der Waals surface area contributed by atoms with E-state index in [1.54, 1.807) is 0 Å². The van der Waals surface area contributed by atoms with Crippen molar-refractivity contribution in [2.75, 3.05) is 6.61 Å². The average molecular weight is 222 g/mol. The Morgan fingerprint density at radius 2 is 1.69 bits per heavy atom. The average Bonchev–Trinajstić information content (AvgIpc) is 2.17. The zero-order valence-corrected chi connectivity index (χ0v) is 10.9. The minimum absolute atomic E-state index is 0.185. The van der Waals surface area contributed by atoms with Crippen LogP contribution in [0.15, 0.2) is 24.3 Å². The molecule has 1 aromatic carbocycles. The minimum atomic E-state index is -0.189. The van der Waals surface area contributed by atoms with Gasteiger partial charge < -0.3 is 9.47 Å². The smallest absolute Gasteiger partial charge is 0.196 e. The molecule has 0 aliphatic rings. The lowest BCUT2D eigenvalue weighted by Gasteiger charge is -2.20. The van der Waals surface area contributed by atoms with Gasteiger partial charge in [0.1, 0.15) is 5.75 Å². The molecule has 0 amide bonds. The minimum Gasteiger partial charge on any atom is -0.465 e. The van der Waals surface area contributed by atoms with Crippen LogP contribution in [-0.2, 0) is 10.2 Å². The number of benzene rings is 1. The van der Waals surface area contributed by atoms with Crippen LogP contribution in [0, 0.1) is 0 Å². The van der Waals surface area contributed by atoms with Gasteiger partial charge in [-0.15, -0.1) is 0 Å². The van der Waals surface area contributed by atoms with E-state index in [0.29, 0.717) is 6.61 Å². The first-order chi connectivity index (χ1) is 7.43. The van der Waals surface area contributed by atoms with Gasteiger partial charge in [0.25, 0.3) is 0 Å². The van der Waals surface area contributed by atoms with Crippen molar-refractivity contribution in [3.63, 3.8) is 0 Å². The second-order valence-corrected chi connectivity index (χ2v) is 4.92. The summed E-state index contributed by atoms with van der Waals surface area (Å²) in [6.45, 7) is 11.1. The summed E-state index contributed by atoms with van der Waals surface area (Å²) in [7, 11) is 0. The lowest BCUT2D eigenvalue weighted by molar-refractivity contribution is -0.0613. The molecule has 0 bridgehead atoms. The van der Waals surface area contributed by atoms with Crippen LogP contribution in [0.4, 0.5) is 0 Å². The molecule has 1 aromatic rings. The summed E-state index contributed by atoms with van der Waals surface area (Å²) in [6.07, 6.45) is -0.189. The van der Waals surface area contributed by atoms with Crippen LogP contribution in [0.5, 0.6) is 5.75 Å². The quantitative estimate of drug-likeness (QED) is 0.722. The third kappa shape index (κ3) is 3.86. The molecule has 0 saturated carbocycles. The van der Waals surface area contributed by atoms with Crippen molar-refractivity contribution in [1.82, 2.24) is 0 Å². The van der Waals surface area contributed by atoms with E-state index in [4.69, 9.17) is 9.47 Å². The van der Waals surface area contributed by atoms with E-state index in [2.05, 4.69) is 32.9 Å². The lowest BCUT2D eigenvalue weighted by atomic mass is 9.87. The molecule has 0 aliphatic carbocycles. The summed E-state index contributed by atoms with van der Waals surface area (Å²) in [5.41, 5.74) is 1.49. The van der Waals surface area contributed by atoms with Crippen molar-refractivity contribution in [1.29, 1.82) is 0 Å². The van der Waals surface area contributed by atoms with Crippen LogP contribution in [0.3, 0.4) is 0 Å². The van der Waals surface area contributed by atoms with Gasteiger partial charge in [-0.2, -0.15) is 0 Å². The van der Waals surface area contributed by atoms with E-state index in [-0.39, 0.29) is 11.7 Å². The van der Waals surface area contributed by atoms with Gasteiger partial charge in [-0.05, 0) is 37.0 Å². The van der Waals surface area contributed by atoms with Crippen molar-refractivity contribution in [3.05, 3.63) is 29.8 Å². The van der Waals surface area contributed by atoms with Gasteiger partial charge in [-0.3, -0.25) is 0 Å². The molecule has 0 aliphatic heterocycles. The van der Waals surface area contributed by atoms with Crippen LogP contribution in [0.1, 0.15) is 40.2 Å². The van der Waals surface area contributed by atoms with Crippen molar-refractivity contribution in [3.8, 4) is 5.75 Å². The summed E-state index contributed by atoms with van der Waals surface area (Å²) < 4.78 is 10.9. The van der Waals surface area contributed by atoms with Gasteiger partial charge in [0.15, 0.2) is 6.29 Å². The van der Waals surface area contributed by atoms with Gasteiger partial charge in [0, 0.05) is 6.61 Å². The van der Waals surface area contributed by atoms with Gasteiger partial charge in [0.05, 0.1) is 0 Å². The Labute approximate surface area is 98.6 Å². The molecular formula is C14H22O2. The van der Waals surface area contributed by atoms with E-state index < -0.39 is 0 Å². The maximum atomic E-state index is 5.60. The van der Waals surface area contributed by atoms with Gasteiger partial charge in [-0.1, -0.05) is 32.9 Å². The first-order valence-electron chi connectivity index (χ1n) is 5.82. The summed E-state index contributed by atoms with van der Waals surface area (Å²) in [4.78, 5) is 0. The topological polar surface area (TPSA) is 18.5 Å². The normalized spacial score (nSPS) is 13.6. The Morgan fingerprint density at radius 3 is 2.12 bits per heavy atom. The largest absolute Gasteiger partial charge is 0.465 e. The molecule has 0 N–H and O–H groups in total. The number of hydrogen-bond donors (Lipinski definition) is 0. The summed E-state index contributed by atoms with van der Waals surface area (Å²) in [5.74, 6) is 0.856. The molecule has 2 heteroatoms. The number of ether oxygens (including phenoxy) is 2. The van der Waals surface area contributed by atoms with Crippen molar-refractivity contribution in [2.45, 2.75) is 46.3 Å². The fourth-order valence-corrected chi connectivity index (χ4v) is 1.49. The molecule has 16 heavy (non-hydrogen) atoms. The second-order valence-electron chi connectivity index (χ2n) is 4.92. The molecular weight excluding hydrogens is 200 g/mol. The Bertz CT molecular complexity index is 309. The molecule has 0 saturated heterocycles. The summed E-state index contributed by atoms with van der Waals surface area (Å²) >= 11 is 0. The van der Waals surface area contributed by atoms with Crippen LogP contribution in [-0.4, -0.2) is 12.9 Å². The van der Waals surface area contributed by atoms with E-state index in [1.165, 1.54) is 5.56 Å². The Morgan fingerprint density at radius 1 is 1.12 bits per heavy atom. The summed E-state index contributed by atoms with van der Waals surface area (Å²) in [6, 6.07) is 8.20. The van der Waals surface area contributed by atoms with Crippen LogP contribution in [0.2, 0.25) is 0 Å². The zero-order chi connectivity index (χ0) is 12.2. The highest BCUT2D eigenvalue weighted by Crippen LogP contribution is 2.24. The molecule has 0 spiro atoms. The van der Waals surface area contributed by atoms with Crippen molar-refractivity contribution >= 4 is 0 Å². The Kier molecular flexibility index (Phi) is 4.36. The molecule has 90 valence electrons. The monoisotopic (exact) mass is 222 g/mol. The van der Waals surface area contributed by atoms with Crippen LogP contribution in [0.25, 0.3) is 0 Å². The maximum absolute atomic E-state index is 5.60. The second kappa shape index (κ2) is 5.35. The van der Waals surface area contributed by atoms with Gasteiger partial charge >= 0.3 is 0 Å². The SMILES string of the molecule is CCOC(C)Oc1ccc(C(C)(C)C)cc1. The molecule has 0 radical (unpaired) electrons. The summed E-state index contributed by atoms with van der Waals surface area (Å²) in [5, 5.41) is 0. The van der Waals surface area contributed by atoms with Crippen molar-refractivity contribution < 1.29 is 9.47 Å². The standard InChI is InChI=1S/C14H22O2/c1-6-15-11(2)16-13-9-7-12(8-10-13)14(3,4)5/h7-11H,6H2,1-5H3. The maximum Gasteiger partial charge on any atom is 0.196 e. The molecule has 0 heterocycles. The van der Waals surface area contributed by atoms with Crippen LogP contribution < -0.4 is 4.74 Å². The van der Waals surface area contributed by atoms with Crippen molar-refractivity contribution in [2.24, 2.45) is 0 Å². The Hall–Kier alpha value is -1.02. The molecule has 1 atom stereocenters. The van der Waals surface area contributed by atoms with Crippen LogP contribution >= 0.6 is 0 Å². The third-order valence-electron chi connectivity index (χ3n) is 2.42. The molecule has 0 aromatic heterocycles. The predicted octanol–water partition coefficient (Wildman–Crippen LogP) is 3.75. The Balaban J connectivity index is 2.65. The van der Waals surface area contributed by atoms with E-state index in [9.17, 15) is 0 Å². The number of hydrogen-bond acceptors (Lipinski definition) is 2. The first-order valence-corrected chi connectivity index (χ1v) is 5.82. The predicted molar refractivity (Wildman–Crippen MR) is 66.9 cm³/mol. The fourth-order valence-electron chi connectivity index (χ4n) is 1.49. The highest BCUT2D eigenvalue weighted by molar-refractivity contribution is 5.31.